The summed E-state index contributed by atoms with van der Waals surface area (Å²) in [5, 5.41) is 12.5. The summed E-state index contributed by atoms with van der Waals surface area (Å²) in [6.07, 6.45) is 0.580. The first-order valence-corrected chi connectivity index (χ1v) is 9.49. The fraction of sp³-hybridized carbons (Fsp3) is 0.222. The fourth-order valence-corrected chi connectivity index (χ4v) is 3.36. The Balaban J connectivity index is 2.11. The smallest absolute Gasteiger partial charge is 0.341 e. The predicted octanol–water partition coefficient (Wildman–Crippen LogP) is 1.66. The Kier molecular flexibility index (Phi) is 6.40. The van der Waals surface area contributed by atoms with Crippen LogP contribution in [0.3, 0.4) is 0 Å². The number of carbonyl (C=O) groups is 2. The van der Waals surface area contributed by atoms with Crippen molar-refractivity contribution in [1.82, 2.24) is 5.32 Å². The lowest BCUT2D eigenvalue weighted by atomic mass is 10.1. The van der Waals surface area contributed by atoms with Crippen LogP contribution in [0.25, 0.3) is 0 Å². The molecule has 2 aromatic carbocycles. The van der Waals surface area contributed by atoms with E-state index in [1.807, 2.05) is 0 Å². The molecule has 0 aromatic heterocycles. The van der Waals surface area contributed by atoms with E-state index >= 15 is 0 Å². The number of carbonyl (C=O) groups excluding carboxylic acids is 2. The van der Waals surface area contributed by atoms with Crippen molar-refractivity contribution in [3.8, 4) is 5.75 Å². The van der Waals surface area contributed by atoms with Gasteiger partial charge < -0.3 is 15.2 Å². The van der Waals surface area contributed by atoms with Crippen LogP contribution < -0.4 is 10.0 Å². The fourth-order valence-electron chi connectivity index (χ4n) is 2.31. The van der Waals surface area contributed by atoms with E-state index in [4.69, 9.17) is 0 Å². The van der Waals surface area contributed by atoms with Gasteiger partial charge in [0.1, 0.15) is 11.3 Å². The third kappa shape index (κ3) is 5.45. The van der Waals surface area contributed by atoms with Gasteiger partial charge >= 0.3 is 5.97 Å². The Bertz CT molecular complexity index is 939. The molecule has 3 N–H and O–H groups in total. The maximum Gasteiger partial charge on any atom is 0.341 e. The summed E-state index contributed by atoms with van der Waals surface area (Å²) in [5.74, 6) is -1.24. The zero-order chi connectivity index (χ0) is 20.0. The van der Waals surface area contributed by atoms with Crippen LogP contribution >= 0.6 is 0 Å². The molecule has 2 rings (SSSR count). The van der Waals surface area contributed by atoms with Crippen LogP contribution in [-0.2, 0) is 26.0 Å². The molecule has 0 aliphatic carbocycles. The average Bonchev–Trinajstić information content (AvgIpc) is 2.61. The summed E-state index contributed by atoms with van der Waals surface area (Å²) < 4.78 is 31.8. The molecule has 2 aromatic rings. The van der Waals surface area contributed by atoms with Gasteiger partial charge in [0.05, 0.1) is 17.7 Å². The van der Waals surface area contributed by atoms with Crippen LogP contribution in [0.2, 0.25) is 0 Å². The number of methoxy groups -OCH3 is 1. The normalized spacial score (nSPS) is 10.9. The summed E-state index contributed by atoms with van der Waals surface area (Å²) in [4.78, 5) is 22.3. The number of amides is 1. The molecule has 27 heavy (non-hydrogen) atoms. The van der Waals surface area contributed by atoms with E-state index in [1.165, 1.54) is 38.3 Å². The molecular formula is C18H20N2O6S. The molecule has 0 saturated carbocycles. The molecule has 0 aliphatic rings. The first-order valence-electron chi connectivity index (χ1n) is 8.00. The SMILES string of the molecule is COC(=O)c1ccc(NS(=O)(=O)c2ccc(CCNC(C)=O)cc2)cc1O. The molecule has 1 amide bonds. The Labute approximate surface area is 157 Å². The van der Waals surface area contributed by atoms with Crippen molar-refractivity contribution >= 4 is 27.6 Å². The van der Waals surface area contributed by atoms with Crippen LogP contribution in [0.5, 0.6) is 5.75 Å². The van der Waals surface area contributed by atoms with Crippen molar-refractivity contribution < 1.29 is 27.9 Å². The van der Waals surface area contributed by atoms with Gasteiger partial charge in [-0.2, -0.15) is 0 Å². The van der Waals surface area contributed by atoms with E-state index in [0.29, 0.717) is 13.0 Å². The highest BCUT2D eigenvalue weighted by atomic mass is 32.2. The van der Waals surface area contributed by atoms with Crippen molar-refractivity contribution in [3.63, 3.8) is 0 Å². The quantitative estimate of drug-likeness (QED) is 0.616. The van der Waals surface area contributed by atoms with E-state index in [9.17, 15) is 23.1 Å². The second-order valence-electron chi connectivity index (χ2n) is 5.71. The minimum absolute atomic E-state index is 0.0438. The number of benzene rings is 2. The number of ether oxygens (including phenoxy) is 1. The molecule has 0 bridgehead atoms. The van der Waals surface area contributed by atoms with E-state index in [0.717, 1.165) is 11.6 Å². The van der Waals surface area contributed by atoms with Crippen LogP contribution in [0.15, 0.2) is 47.4 Å². The first kappa shape index (κ1) is 20.2. The van der Waals surface area contributed by atoms with Gasteiger partial charge in [0.2, 0.25) is 5.91 Å². The van der Waals surface area contributed by atoms with Crippen molar-refractivity contribution in [2.45, 2.75) is 18.2 Å². The van der Waals surface area contributed by atoms with Crippen LogP contribution in [0, 0.1) is 0 Å². The molecule has 0 saturated heterocycles. The van der Waals surface area contributed by atoms with Crippen LogP contribution in [-0.4, -0.2) is 39.1 Å². The molecule has 0 radical (unpaired) electrons. The van der Waals surface area contributed by atoms with E-state index in [1.54, 1.807) is 12.1 Å². The van der Waals surface area contributed by atoms with Crippen molar-refractivity contribution in [1.29, 1.82) is 0 Å². The molecule has 0 aliphatic heterocycles. The Hall–Kier alpha value is -3.07. The van der Waals surface area contributed by atoms with Crippen molar-refractivity contribution in [3.05, 3.63) is 53.6 Å². The Morgan fingerprint density at radius 1 is 1.11 bits per heavy atom. The highest BCUT2D eigenvalue weighted by molar-refractivity contribution is 7.92. The molecule has 144 valence electrons. The molecule has 0 heterocycles. The lowest BCUT2D eigenvalue weighted by Gasteiger charge is -2.10. The van der Waals surface area contributed by atoms with Gasteiger partial charge in [-0.3, -0.25) is 9.52 Å². The molecule has 0 unspecified atom stereocenters. The van der Waals surface area contributed by atoms with Gasteiger partial charge in [-0.05, 0) is 36.2 Å². The lowest BCUT2D eigenvalue weighted by Crippen LogP contribution is -2.22. The maximum atomic E-state index is 12.5. The zero-order valence-electron chi connectivity index (χ0n) is 14.9. The second kappa shape index (κ2) is 8.54. The molecule has 0 atom stereocenters. The van der Waals surface area contributed by atoms with Gasteiger partial charge in [0.15, 0.2) is 0 Å². The number of esters is 1. The van der Waals surface area contributed by atoms with Gasteiger partial charge in [-0.1, -0.05) is 12.1 Å². The van der Waals surface area contributed by atoms with Gasteiger partial charge in [0.25, 0.3) is 10.0 Å². The zero-order valence-corrected chi connectivity index (χ0v) is 15.7. The molecule has 9 heteroatoms. The van der Waals surface area contributed by atoms with E-state index in [-0.39, 0.29) is 22.1 Å². The van der Waals surface area contributed by atoms with E-state index in [2.05, 4.69) is 14.8 Å². The highest BCUT2D eigenvalue weighted by Gasteiger charge is 2.17. The minimum Gasteiger partial charge on any atom is -0.507 e. The second-order valence-corrected chi connectivity index (χ2v) is 7.39. The summed E-state index contributed by atoms with van der Waals surface area (Å²) >= 11 is 0. The van der Waals surface area contributed by atoms with Crippen LogP contribution in [0.1, 0.15) is 22.8 Å². The topological polar surface area (TPSA) is 122 Å². The summed E-state index contributed by atoms with van der Waals surface area (Å²) in [6.45, 7) is 1.89. The third-order valence-electron chi connectivity index (χ3n) is 3.68. The van der Waals surface area contributed by atoms with Crippen molar-refractivity contribution in [2.24, 2.45) is 0 Å². The van der Waals surface area contributed by atoms with Crippen LogP contribution in [0.4, 0.5) is 5.69 Å². The summed E-state index contributed by atoms with van der Waals surface area (Å²) in [7, 11) is -2.69. The van der Waals surface area contributed by atoms with Gasteiger partial charge in [-0.15, -0.1) is 0 Å². The number of nitrogens with one attached hydrogen (secondary N) is 2. The molecule has 0 spiro atoms. The number of phenols is 1. The Morgan fingerprint density at radius 3 is 2.33 bits per heavy atom. The summed E-state index contributed by atoms with van der Waals surface area (Å²) in [5.41, 5.74) is 0.918. The monoisotopic (exact) mass is 392 g/mol. The molecule has 8 nitrogen and oxygen atoms in total. The minimum atomic E-state index is -3.87. The van der Waals surface area contributed by atoms with Gasteiger partial charge in [0, 0.05) is 19.5 Å². The third-order valence-corrected chi connectivity index (χ3v) is 5.07. The average molecular weight is 392 g/mol. The maximum absolute atomic E-state index is 12.5. The largest absolute Gasteiger partial charge is 0.507 e. The molecular weight excluding hydrogens is 372 g/mol. The lowest BCUT2D eigenvalue weighted by molar-refractivity contribution is -0.118. The molecule has 0 fully saturated rings. The van der Waals surface area contributed by atoms with Gasteiger partial charge in [-0.25, -0.2) is 13.2 Å². The Morgan fingerprint density at radius 2 is 1.78 bits per heavy atom. The number of anilines is 1. The highest BCUT2D eigenvalue weighted by Crippen LogP contribution is 2.24. The standard InChI is InChI=1S/C18H20N2O6S/c1-12(21)19-10-9-13-3-6-15(7-4-13)27(24,25)20-14-5-8-16(17(22)11-14)18(23)26-2/h3-8,11,20,22H,9-10H2,1-2H3,(H,19,21). The number of hydrogen-bond donors (Lipinski definition) is 3. The first-order chi connectivity index (χ1) is 12.7. The number of sulfonamides is 1. The number of aromatic hydroxyl groups is 1. The predicted molar refractivity (Wildman–Crippen MR) is 99.1 cm³/mol. The van der Waals surface area contributed by atoms with Crippen molar-refractivity contribution in [2.75, 3.05) is 18.4 Å². The number of phenolic OH excluding ortho intramolecular Hbond substituents is 1. The number of rotatable bonds is 7. The summed E-state index contributed by atoms with van der Waals surface area (Å²) in [6, 6.07) is 9.98. The number of hydrogen-bond acceptors (Lipinski definition) is 6. The van der Waals surface area contributed by atoms with E-state index < -0.39 is 21.7 Å².